The Morgan fingerprint density at radius 1 is 1.16 bits per heavy atom. The topological polar surface area (TPSA) is 75.7 Å². The molecule has 32 heavy (non-hydrogen) atoms. The highest BCUT2D eigenvalue weighted by atomic mass is 35.5. The van der Waals surface area contributed by atoms with E-state index in [2.05, 4.69) is 5.32 Å². The number of halogens is 4. The molecule has 2 aromatic carbocycles. The van der Waals surface area contributed by atoms with E-state index in [0.717, 1.165) is 16.0 Å². The van der Waals surface area contributed by atoms with Gasteiger partial charge in [-0.25, -0.2) is 4.79 Å². The number of hydrogen-bond acceptors (Lipinski definition) is 5. The van der Waals surface area contributed by atoms with Crippen molar-refractivity contribution < 1.29 is 32.3 Å². The summed E-state index contributed by atoms with van der Waals surface area (Å²) in [5.41, 5.74) is -0.0851. The first kappa shape index (κ1) is 22.1. The highest BCUT2D eigenvalue weighted by Crippen LogP contribution is 2.38. The summed E-state index contributed by atoms with van der Waals surface area (Å²) in [6.45, 7) is -0.960. The lowest BCUT2D eigenvalue weighted by Crippen LogP contribution is -2.51. The van der Waals surface area contributed by atoms with Gasteiger partial charge in [-0.2, -0.15) is 13.2 Å². The molecule has 1 aromatic heterocycles. The molecular weight excluding hydrogens is 469 g/mol. The zero-order valence-electron chi connectivity index (χ0n) is 16.1. The first-order chi connectivity index (χ1) is 15.2. The van der Waals surface area contributed by atoms with E-state index >= 15 is 0 Å². The van der Waals surface area contributed by atoms with Gasteiger partial charge in [0.15, 0.2) is 6.61 Å². The molecule has 2 heterocycles. The smallest absolute Gasteiger partial charge is 0.409 e. The summed E-state index contributed by atoms with van der Waals surface area (Å²) in [6.07, 6.45) is -5.87. The van der Waals surface area contributed by atoms with Crippen molar-refractivity contribution in [1.29, 1.82) is 0 Å². The average molecular weight is 483 g/mol. The molecule has 6 nitrogen and oxygen atoms in total. The first-order valence-corrected chi connectivity index (χ1v) is 10.5. The number of ether oxygens (including phenoxy) is 1. The molecule has 0 fully saturated rings. The van der Waals surface area contributed by atoms with E-state index in [1.54, 1.807) is 24.3 Å². The van der Waals surface area contributed by atoms with Crippen LogP contribution >= 0.6 is 22.9 Å². The van der Waals surface area contributed by atoms with Crippen LogP contribution in [-0.2, 0) is 14.3 Å². The SMILES string of the molecule is O=C1CC(C(F)(F)F)N(C(=O)COC(=O)c2sc3ccccc3c2Cl)c2ccccc2N1. The van der Waals surface area contributed by atoms with Gasteiger partial charge in [0.1, 0.15) is 10.9 Å². The summed E-state index contributed by atoms with van der Waals surface area (Å²) in [5.74, 6) is -2.93. The summed E-state index contributed by atoms with van der Waals surface area (Å²) in [7, 11) is 0. The fourth-order valence-corrected chi connectivity index (χ4v) is 4.81. The molecule has 11 heteroatoms. The fraction of sp³-hybridized carbons (Fsp3) is 0.190. The van der Waals surface area contributed by atoms with Crippen LogP contribution in [0.2, 0.25) is 5.02 Å². The lowest BCUT2D eigenvalue weighted by Gasteiger charge is -2.31. The van der Waals surface area contributed by atoms with Crippen LogP contribution in [-0.4, -0.2) is 36.6 Å². The zero-order chi connectivity index (χ0) is 23.0. The van der Waals surface area contributed by atoms with Gasteiger partial charge in [-0.15, -0.1) is 11.3 Å². The predicted octanol–water partition coefficient (Wildman–Crippen LogP) is 5.02. The van der Waals surface area contributed by atoms with Crippen molar-refractivity contribution in [3.8, 4) is 0 Å². The molecule has 2 amide bonds. The van der Waals surface area contributed by atoms with Gasteiger partial charge in [0, 0.05) is 10.1 Å². The molecule has 4 rings (SSSR count). The minimum atomic E-state index is -4.89. The third kappa shape index (κ3) is 4.15. The highest BCUT2D eigenvalue weighted by molar-refractivity contribution is 7.21. The van der Waals surface area contributed by atoms with Crippen molar-refractivity contribution in [1.82, 2.24) is 0 Å². The Hall–Kier alpha value is -3.11. The Kier molecular flexibility index (Phi) is 5.83. The van der Waals surface area contributed by atoms with Crippen molar-refractivity contribution in [2.24, 2.45) is 0 Å². The van der Waals surface area contributed by atoms with Gasteiger partial charge < -0.3 is 10.1 Å². The van der Waals surface area contributed by atoms with E-state index in [1.807, 2.05) is 0 Å². The van der Waals surface area contributed by atoms with Crippen molar-refractivity contribution in [2.75, 3.05) is 16.8 Å². The van der Waals surface area contributed by atoms with E-state index < -0.39 is 43.0 Å². The molecule has 1 atom stereocenters. The molecule has 1 N–H and O–H groups in total. The number of para-hydroxylation sites is 2. The normalized spacial score (nSPS) is 16.3. The number of benzene rings is 2. The van der Waals surface area contributed by atoms with Gasteiger partial charge in [0.25, 0.3) is 5.91 Å². The summed E-state index contributed by atoms with van der Waals surface area (Å²) in [5, 5.41) is 3.14. The number of nitrogens with one attached hydrogen (secondary N) is 1. The number of carbonyl (C=O) groups is 3. The highest BCUT2D eigenvalue weighted by Gasteiger charge is 2.49. The van der Waals surface area contributed by atoms with Crippen LogP contribution in [0.25, 0.3) is 10.1 Å². The average Bonchev–Trinajstić information content (AvgIpc) is 2.99. The molecule has 1 unspecified atom stereocenters. The number of fused-ring (bicyclic) bond motifs is 2. The van der Waals surface area contributed by atoms with Crippen LogP contribution in [0.4, 0.5) is 24.5 Å². The maximum Gasteiger partial charge on any atom is 0.409 e. The summed E-state index contributed by atoms with van der Waals surface area (Å²) in [4.78, 5) is 37.9. The lowest BCUT2D eigenvalue weighted by atomic mass is 10.1. The Bertz CT molecular complexity index is 1230. The molecule has 0 bridgehead atoms. The van der Waals surface area contributed by atoms with E-state index in [4.69, 9.17) is 16.3 Å². The van der Waals surface area contributed by atoms with Crippen LogP contribution in [0.5, 0.6) is 0 Å². The minimum absolute atomic E-state index is 0.0427. The summed E-state index contributed by atoms with van der Waals surface area (Å²) < 4.78 is 47.0. The number of nitrogens with zero attached hydrogens (tertiary/aromatic N) is 1. The number of anilines is 2. The van der Waals surface area contributed by atoms with Gasteiger partial charge in [-0.3, -0.25) is 14.5 Å². The second-order valence-corrected chi connectivity index (χ2v) is 8.34. The maximum absolute atomic E-state index is 13.7. The monoisotopic (exact) mass is 482 g/mol. The van der Waals surface area contributed by atoms with Crippen molar-refractivity contribution >= 4 is 62.2 Å². The molecule has 0 saturated heterocycles. The lowest BCUT2D eigenvalue weighted by molar-refractivity contribution is -0.158. The van der Waals surface area contributed by atoms with E-state index in [1.165, 1.54) is 24.3 Å². The number of hydrogen-bond donors (Lipinski definition) is 1. The molecule has 0 aliphatic carbocycles. The summed E-state index contributed by atoms with van der Waals surface area (Å²) >= 11 is 7.27. The van der Waals surface area contributed by atoms with Gasteiger partial charge in [-0.05, 0) is 18.2 Å². The third-order valence-corrected chi connectivity index (χ3v) is 6.48. The standard InChI is InChI=1S/C21H14ClF3N2O4S/c22-18-11-5-1-4-8-14(11)32-19(18)20(30)31-10-17(29)27-13-7-3-2-6-12(13)26-16(28)9-15(27)21(23,24)25/h1-8,15H,9-10H2,(H,26,28). The molecule has 0 spiro atoms. The number of thiophene rings is 1. The number of rotatable bonds is 3. The van der Waals surface area contributed by atoms with Crippen LogP contribution in [0.3, 0.4) is 0 Å². The molecule has 0 radical (unpaired) electrons. The molecule has 0 saturated carbocycles. The second kappa shape index (κ2) is 8.44. The molecule has 1 aliphatic heterocycles. The fourth-order valence-electron chi connectivity index (χ4n) is 3.40. The van der Waals surface area contributed by atoms with E-state index in [-0.39, 0.29) is 21.3 Å². The van der Waals surface area contributed by atoms with Gasteiger partial charge in [0.05, 0.1) is 22.8 Å². The van der Waals surface area contributed by atoms with Gasteiger partial charge in [0.2, 0.25) is 5.91 Å². The van der Waals surface area contributed by atoms with Gasteiger partial charge in [-0.1, -0.05) is 41.9 Å². The maximum atomic E-state index is 13.7. The first-order valence-electron chi connectivity index (χ1n) is 9.28. The third-order valence-electron chi connectivity index (χ3n) is 4.82. The largest absolute Gasteiger partial charge is 0.451 e. The Labute approximate surface area is 188 Å². The van der Waals surface area contributed by atoms with Crippen molar-refractivity contribution in [3.05, 3.63) is 58.4 Å². The Morgan fingerprint density at radius 3 is 2.56 bits per heavy atom. The van der Waals surface area contributed by atoms with E-state index in [9.17, 15) is 27.6 Å². The molecule has 3 aromatic rings. The van der Waals surface area contributed by atoms with Crippen LogP contribution in [0.15, 0.2) is 48.5 Å². The second-order valence-electron chi connectivity index (χ2n) is 6.91. The van der Waals surface area contributed by atoms with Crippen LogP contribution in [0.1, 0.15) is 16.1 Å². The molecular formula is C21H14ClF3N2O4S. The number of carbonyl (C=O) groups excluding carboxylic acids is 3. The molecule has 166 valence electrons. The Morgan fingerprint density at radius 2 is 1.84 bits per heavy atom. The molecule has 1 aliphatic rings. The van der Waals surface area contributed by atoms with E-state index in [0.29, 0.717) is 10.3 Å². The summed E-state index contributed by atoms with van der Waals surface area (Å²) in [6, 6.07) is 10.2. The quantitative estimate of drug-likeness (QED) is 0.532. The predicted molar refractivity (Wildman–Crippen MR) is 114 cm³/mol. The van der Waals surface area contributed by atoms with Crippen LogP contribution < -0.4 is 10.2 Å². The zero-order valence-corrected chi connectivity index (χ0v) is 17.7. The Balaban J connectivity index is 1.60. The van der Waals surface area contributed by atoms with Gasteiger partial charge >= 0.3 is 12.1 Å². The number of alkyl halides is 3. The van der Waals surface area contributed by atoms with Crippen LogP contribution in [0, 0.1) is 0 Å². The van der Waals surface area contributed by atoms with Crippen molar-refractivity contribution in [3.63, 3.8) is 0 Å². The number of amides is 2. The minimum Gasteiger partial charge on any atom is -0.451 e. The number of esters is 1. The van der Waals surface area contributed by atoms with Crippen molar-refractivity contribution in [2.45, 2.75) is 18.6 Å².